The van der Waals surface area contributed by atoms with E-state index in [2.05, 4.69) is 0 Å². The number of nitrogens with zero attached hydrogens (tertiary/aromatic N) is 1. The van der Waals surface area contributed by atoms with E-state index in [9.17, 15) is 4.79 Å². The molecular formula is C12H16ClNO2. The third-order valence-corrected chi connectivity index (χ3v) is 2.76. The number of hydrogen-bond donors (Lipinski definition) is 1. The van der Waals surface area contributed by atoms with Gasteiger partial charge in [-0.3, -0.25) is 4.79 Å². The molecule has 0 saturated heterocycles. The maximum absolute atomic E-state index is 10.7. The van der Waals surface area contributed by atoms with Crippen molar-refractivity contribution >= 4 is 23.3 Å². The zero-order valence-electron chi connectivity index (χ0n) is 9.70. The molecule has 0 aliphatic heterocycles. The summed E-state index contributed by atoms with van der Waals surface area (Å²) in [5.41, 5.74) is 1.89. The van der Waals surface area contributed by atoms with Crippen LogP contribution in [-0.2, 0) is 11.2 Å². The summed E-state index contributed by atoms with van der Waals surface area (Å²) in [6.45, 7) is 1.69. The van der Waals surface area contributed by atoms with E-state index in [0.717, 1.165) is 11.3 Å². The van der Waals surface area contributed by atoms with Crippen LogP contribution in [0.25, 0.3) is 0 Å². The first kappa shape index (κ1) is 12.8. The second kappa shape index (κ2) is 5.21. The summed E-state index contributed by atoms with van der Waals surface area (Å²) in [5.74, 6) is -1.17. The third-order valence-electron chi connectivity index (χ3n) is 2.46. The maximum atomic E-state index is 10.7. The van der Waals surface area contributed by atoms with Gasteiger partial charge >= 0.3 is 5.97 Å². The molecule has 0 aliphatic carbocycles. The van der Waals surface area contributed by atoms with E-state index in [1.54, 1.807) is 6.92 Å². The van der Waals surface area contributed by atoms with Gasteiger partial charge in [0.1, 0.15) is 0 Å². The molecule has 1 unspecified atom stereocenters. The monoisotopic (exact) mass is 241 g/mol. The van der Waals surface area contributed by atoms with Crippen molar-refractivity contribution in [2.24, 2.45) is 5.92 Å². The van der Waals surface area contributed by atoms with Gasteiger partial charge in [-0.2, -0.15) is 0 Å². The van der Waals surface area contributed by atoms with Crippen LogP contribution in [0.4, 0.5) is 5.69 Å². The van der Waals surface area contributed by atoms with Gasteiger partial charge in [0.05, 0.1) is 16.6 Å². The van der Waals surface area contributed by atoms with Gasteiger partial charge in [-0.1, -0.05) is 24.6 Å². The van der Waals surface area contributed by atoms with Gasteiger partial charge in [-0.25, -0.2) is 0 Å². The number of carbonyl (C=O) groups is 1. The van der Waals surface area contributed by atoms with Crippen molar-refractivity contribution in [3.63, 3.8) is 0 Å². The molecule has 1 aromatic rings. The standard InChI is InChI=1S/C12H16ClNO2/c1-8(12(15)16)6-9-4-5-11(14(2)3)10(13)7-9/h4-5,7-8H,6H2,1-3H3,(H,15,16). The van der Waals surface area contributed by atoms with E-state index < -0.39 is 5.97 Å². The minimum atomic E-state index is -0.784. The average Bonchev–Trinajstić information content (AvgIpc) is 2.16. The Kier molecular flexibility index (Phi) is 4.19. The number of anilines is 1. The molecule has 0 aromatic heterocycles. The molecule has 1 N–H and O–H groups in total. The first-order chi connectivity index (χ1) is 7.41. The van der Waals surface area contributed by atoms with Crippen LogP contribution in [-0.4, -0.2) is 25.2 Å². The van der Waals surface area contributed by atoms with Gasteiger partial charge < -0.3 is 10.0 Å². The highest BCUT2D eigenvalue weighted by Crippen LogP contribution is 2.26. The molecule has 1 aromatic carbocycles. The smallest absolute Gasteiger partial charge is 0.306 e. The Morgan fingerprint density at radius 3 is 2.56 bits per heavy atom. The third kappa shape index (κ3) is 3.14. The number of benzene rings is 1. The lowest BCUT2D eigenvalue weighted by molar-refractivity contribution is -0.141. The maximum Gasteiger partial charge on any atom is 0.306 e. The van der Waals surface area contributed by atoms with E-state index in [-0.39, 0.29) is 5.92 Å². The van der Waals surface area contributed by atoms with Gasteiger partial charge in [-0.15, -0.1) is 0 Å². The summed E-state index contributed by atoms with van der Waals surface area (Å²) in [7, 11) is 3.83. The molecule has 0 heterocycles. The van der Waals surface area contributed by atoms with Crippen LogP contribution >= 0.6 is 11.6 Å². The highest BCUT2D eigenvalue weighted by Gasteiger charge is 2.12. The zero-order chi connectivity index (χ0) is 12.3. The van der Waals surface area contributed by atoms with Crippen LogP contribution in [0.3, 0.4) is 0 Å². The number of rotatable bonds is 4. The fourth-order valence-corrected chi connectivity index (χ4v) is 1.85. The largest absolute Gasteiger partial charge is 0.481 e. The molecule has 0 amide bonds. The predicted molar refractivity (Wildman–Crippen MR) is 66.3 cm³/mol. The molecular weight excluding hydrogens is 226 g/mol. The van der Waals surface area contributed by atoms with Crippen molar-refractivity contribution in [3.05, 3.63) is 28.8 Å². The Hall–Kier alpha value is -1.22. The van der Waals surface area contributed by atoms with Crippen LogP contribution in [0.15, 0.2) is 18.2 Å². The summed E-state index contributed by atoms with van der Waals surface area (Å²) in [5, 5.41) is 9.47. The van der Waals surface area contributed by atoms with E-state index in [0.29, 0.717) is 11.4 Å². The van der Waals surface area contributed by atoms with Gasteiger partial charge in [0.2, 0.25) is 0 Å². The normalized spacial score (nSPS) is 12.2. The molecule has 0 radical (unpaired) electrons. The first-order valence-electron chi connectivity index (χ1n) is 5.10. The summed E-state index contributed by atoms with van der Waals surface area (Å²) >= 11 is 6.10. The van der Waals surface area contributed by atoms with E-state index >= 15 is 0 Å². The summed E-state index contributed by atoms with van der Waals surface area (Å²) in [6.07, 6.45) is 0.503. The Morgan fingerprint density at radius 2 is 2.12 bits per heavy atom. The van der Waals surface area contributed by atoms with Crippen molar-refractivity contribution in [1.82, 2.24) is 0 Å². The molecule has 16 heavy (non-hydrogen) atoms. The lowest BCUT2D eigenvalue weighted by atomic mass is 10.0. The molecule has 0 bridgehead atoms. The lowest BCUT2D eigenvalue weighted by Crippen LogP contribution is -2.13. The number of carboxylic acids is 1. The molecule has 88 valence electrons. The highest BCUT2D eigenvalue weighted by molar-refractivity contribution is 6.33. The van der Waals surface area contributed by atoms with Gasteiger partial charge in [0, 0.05) is 14.1 Å². The zero-order valence-corrected chi connectivity index (χ0v) is 10.5. The molecule has 0 saturated carbocycles. The SMILES string of the molecule is CC(Cc1ccc(N(C)C)c(Cl)c1)C(=O)O. The second-order valence-electron chi connectivity index (χ2n) is 4.12. The number of halogens is 1. The van der Waals surface area contributed by atoms with E-state index in [1.165, 1.54) is 0 Å². The minimum Gasteiger partial charge on any atom is -0.481 e. The minimum absolute atomic E-state index is 0.388. The van der Waals surface area contributed by atoms with Crippen LogP contribution in [0, 0.1) is 5.92 Å². The molecule has 4 heteroatoms. The fraction of sp³-hybridized carbons (Fsp3) is 0.417. The number of carboxylic acid groups (broad SMARTS) is 1. The number of hydrogen-bond acceptors (Lipinski definition) is 2. The lowest BCUT2D eigenvalue weighted by Gasteiger charge is -2.15. The van der Waals surface area contributed by atoms with Crippen LogP contribution in [0.1, 0.15) is 12.5 Å². The Balaban J connectivity index is 2.85. The van der Waals surface area contributed by atoms with Crippen molar-refractivity contribution in [3.8, 4) is 0 Å². The van der Waals surface area contributed by atoms with Gasteiger partial charge in [-0.05, 0) is 24.1 Å². The Bertz CT molecular complexity index is 391. The van der Waals surface area contributed by atoms with Gasteiger partial charge in [0.25, 0.3) is 0 Å². The Labute approximate surface area is 101 Å². The predicted octanol–water partition coefficient (Wildman–Crippen LogP) is 2.67. The topological polar surface area (TPSA) is 40.5 Å². The van der Waals surface area contributed by atoms with Crippen molar-refractivity contribution in [1.29, 1.82) is 0 Å². The average molecular weight is 242 g/mol. The quantitative estimate of drug-likeness (QED) is 0.881. The van der Waals surface area contributed by atoms with Crippen molar-refractivity contribution < 1.29 is 9.90 Å². The van der Waals surface area contributed by atoms with Gasteiger partial charge in [0.15, 0.2) is 0 Å². The number of aliphatic carboxylic acids is 1. The second-order valence-corrected chi connectivity index (χ2v) is 4.53. The fourth-order valence-electron chi connectivity index (χ4n) is 1.48. The molecule has 3 nitrogen and oxygen atoms in total. The van der Waals surface area contributed by atoms with Crippen LogP contribution in [0.5, 0.6) is 0 Å². The van der Waals surface area contributed by atoms with E-state index in [4.69, 9.17) is 16.7 Å². The molecule has 0 fully saturated rings. The molecule has 1 atom stereocenters. The first-order valence-corrected chi connectivity index (χ1v) is 5.48. The summed E-state index contributed by atoms with van der Waals surface area (Å²) in [6, 6.07) is 5.66. The van der Waals surface area contributed by atoms with Crippen LogP contribution in [0.2, 0.25) is 5.02 Å². The van der Waals surface area contributed by atoms with Crippen molar-refractivity contribution in [2.45, 2.75) is 13.3 Å². The molecule has 0 aliphatic rings. The Morgan fingerprint density at radius 1 is 1.50 bits per heavy atom. The molecule has 0 spiro atoms. The summed E-state index contributed by atoms with van der Waals surface area (Å²) in [4.78, 5) is 12.6. The summed E-state index contributed by atoms with van der Waals surface area (Å²) < 4.78 is 0. The van der Waals surface area contributed by atoms with Crippen LogP contribution < -0.4 is 4.90 Å². The molecule has 1 rings (SSSR count). The van der Waals surface area contributed by atoms with E-state index in [1.807, 2.05) is 37.2 Å². The highest BCUT2D eigenvalue weighted by atomic mass is 35.5. The van der Waals surface area contributed by atoms with Crippen molar-refractivity contribution in [2.75, 3.05) is 19.0 Å².